The molecule has 0 N–H and O–H groups in total. The van der Waals surface area contributed by atoms with Gasteiger partial charge in [0.1, 0.15) is 11.9 Å². The van der Waals surface area contributed by atoms with Crippen molar-refractivity contribution < 1.29 is 18.4 Å². The SMILES string of the molecule is Fc1cccc(C2(c3nc([C@H]4CCCO4)no3)CCOCC2)c1. The number of aromatic nitrogens is 2. The fraction of sp³-hybridized carbons (Fsp3) is 0.529. The minimum atomic E-state index is -0.482. The number of hydrogen-bond donors (Lipinski definition) is 0. The van der Waals surface area contributed by atoms with Gasteiger partial charge in [0.15, 0.2) is 0 Å². The summed E-state index contributed by atoms with van der Waals surface area (Å²) in [5.41, 5.74) is 0.382. The van der Waals surface area contributed by atoms with E-state index in [0.717, 1.165) is 25.0 Å². The molecule has 0 aliphatic carbocycles. The lowest BCUT2D eigenvalue weighted by molar-refractivity contribution is 0.0522. The Labute approximate surface area is 133 Å². The van der Waals surface area contributed by atoms with Crippen molar-refractivity contribution in [3.63, 3.8) is 0 Å². The molecule has 0 unspecified atom stereocenters. The average Bonchev–Trinajstić information content (AvgIpc) is 3.27. The lowest BCUT2D eigenvalue weighted by Gasteiger charge is -2.34. The summed E-state index contributed by atoms with van der Waals surface area (Å²) in [6.45, 7) is 1.92. The van der Waals surface area contributed by atoms with Gasteiger partial charge in [-0.05, 0) is 43.4 Å². The molecule has 6 heteroatoms. The van der Waals surface area contributed by atoms with Gasteiger partial charge in [0.05, 0.1) is 5.41 Å². The highest BCUT2D eigenvalue weighted by Gasteiger charge is 2.42. The number of nitrogens with zero attached hydrogens (tertiary/aromatic N) is 2. The van der Waals surface area contributed by atoms with Crippen LogP contribution in [-0.4, -0.2) is 30.0 Å². The van der Waals surface area contributed by atoms with Gasteiger partial charge in [-0.25, -0.2) is 4.39 Å². The third kappa shape index (κ3) is 2.66. The fourth-order valence-corrected chi connectivity index (χ4v) is 3.47. The van der Waals surface area contributed by atoms with Crippen molar-refractivity contribution in [3.8, 4) is 0 Å². The van der Waals surface area contributed by atoms with Crippen molar-refractivity contribution in [1.82, 2.24) is 10.1 Å². The van der Waals surface area contributed by atoms with Crippen LogP contribution in [-0.2, 0) is 14.9 Å². The van der Waals surface area contributed by atoms with Crippen LogP contribution >= 0.6 is 0 Å². The van der Waals surface area contributed by atoms with Gasteiger partial charge in [-0.1, -0.05) is 17.3 Å². The van der Waals surface area contributed by atoms with Crippen molar-refractivity contribution in [1.29, 1.82) is 0 Å². The van der Waals surface area contributed by atoms with E-state index in [0.29, 0.717) is 37.8 Å². The van der Waals surface area contributed by atoms with Crippen LogP contribution < -0.4 is 0 Å². The van der Waals surface area contributed by atoms with Gasteiger partial charge in [0, 0.05) is 19.8 Å². The highest BCUT2D eigenvalue weighted by Crippen LogP contribution is 2.41. The van der Waals surface area contributed by atoms with Crippen molar-refractivity contribution >= 4 is 0 Å². The Kier molecular flexibility index (Phi) is 3.87. The van der Waals surface area contributed by atoms with E-state index < -0.39 is 5.41 Å². The van der Waals surface area contributed by atoms with Crippen molar-refractivity contribution in [2.75, 3.05) is 19.8 Å². The maximum Gasteiger partial charge on any atom is 0.237 e. The predicted molar refractivity (Wildman–Crippen MR) is 79.5 cm³/mol. The molecule has 0 spiro atoms. The lowest BCUT2D eigenvalue weighted by Crippen LogP contribution is -2.35. The molecule has 1 aromatic heterocycles. The number of hydrogen-bond acceptors (Lipinski definition) is 5. The van der Waals surface area contributed by atoms with Crippen LogP contribution in [0.2, 0.25) is 0 Å². The first-order chi connectivity index (χ1) is 11.3. The molecule has 122 valence electrons. The summed E-state index contributed by atoms with van der Waals surface area (Å²) < 4.78 is 30.5. The fourth-order valence-electron chi connectivity index (χ4n) is 3.47. The summed E-state index contributed by atoms with van der Waals surface area (Å²) in [7, 11) is 0. The minimum Gasteiger partial charge on any atom is -0.381 e. The summed E-state index contributed by atoms with van der Waals surface area (Å²) in [6, 6.07) is 6.65. The molecule has 23 heavy (non-hydrogen) atoms. The molecule has 2 aromatic rings. The smallest absolute Gasteiger partial charge is 0.237 e. The van der Waals surface area contributed by atoms with Gasteiger partial charge >= 0.3 is 0 Å². The molecule has 0 amide bonds. The molecule has 0 saturated carbocycles. The second-order valence-electron chi connectivity index (χ2n) is 6.16. The second kappa shape index (κ2) is 6.02. The van der Waals surface area contributed by atoms with Gasteiger partial charge in [-0.2, -0.15) is 4.98 Å². The Hall–Kier alpha value is -1.79. The van der Waals surface area contributed by atoms with Crippen LogP contribution in [0.25, 0.3) is 0 Å². The Morgan fingerprint density at radius 1 is 1.17 bits per heavy atom. The first-order valence-electron chi connectivity index (χ1n) is 8.07. The van der Waals surface area contributed by atoms with Gasteiger partial charge in [-0.3, -0.25) is 0 Å². The van der Waals surface area contributed by atoms with E-state index in [1.165, 1.54) is 6.07 Å². The standard InChI is InChI=1S/C17H19FN2O3/c18-13-4-1-3-12(11-13)17(6-9-21-10-7-17)16-19-15(20-23-16)14-5-2-8-22-14/h1,3-4,11,14H,2,5-10H2/t14-/m1/s1. The number of rotatable bonds is 3. The summed E-state index contributed by atoms with van der Waals surface area (Å²) in [6.07, 6.45) is 3.23. The molecule has 1 aromatic carbocycles. The van der Waals surface area contributed by atoms with Crippen molar-refractivity contribution in [2.24, 2.45) is 0 Å². The quantitative estimate of drug-likeness (QED) is 0.870. The van der Waals surface area contributed by atoms with Gasteiger partial charge in [-0.15, -0.1) is 0 Å². The second-order valence-corrected chi connectivity index (χ2v) is 6.16. The average molecular weight is 318 g/mol. The van der Waals surface area contributed by atoms with Crippen LogP contribution in [0, 0.1) is 5.82 Å². The zero-order valence-electron chi connectivity index (χ0n) is 12.8. The van der Waals surface area contributed by atoms with Crippen LogP contribution in [0.4, 0.5) is 4.39 Å². The maximum absolute atomic E-state index is 13.7. The topological polar surface area (TPSA) is 57.4 Å². The van der Waals surface area contributed by atoms with Gasteiger partial charge in [0.25, 0.3) is 0 Å². The largest absolute Gasteiger partial charge is 0.381 e. The van der Waals surface area contributed by atoms with Crippen LogP contribution in [0.5, 0.6) is 0 Å². The molecule has 0 radical (unpaired) electrons. The number of benzene rings is 1. The summed E-state index contributed by atoms with van der Waals surface area (Å²) >= 11 is 0. The predicted octanol–water partition coefficient (Wildman–Crippen LogP) is 3.16. The van der Waals surface area contributed by atoms with E-state index in [1.807, 2.05) is 6.07 Å². The van der Waals surface area contributed by atoms with Crippen molar-refractivity contribution in [2.45, 2.75) is 37.2 Å². The molecule has 3 heterocycles. The lowest BCUT2D eigenvalue weighted by atomic mass is 9.74. The molecule has 1 atom stereocenters. The highest BCUT2D eigenvalue weighted by molar-refractivity contribution is 5.33. The van der Waals surface area contributed by atoms with E-state index >= 15 is 0 Å². The third-order valence-electron chi connectivity index (χ3n) is 4.79. The Balaban J connectivity index is 1.73. The van der Waals surface area contributed by atoms with Crippen molar-refractivity contribution in [3.05, 3.63) is 47.4 Å². The molecular formula is C17H19FN2O3. The molecule has 4 rings (SSSR count). The minimum absolute atomic E-state index is 0.0862. The van der Waals surface area contributed by atoms with E-state index in [2.05, 4.69) is 10.1 Å². The van der Waals surface area contributed by atoms with E-state index in [1.54, 1.807) is 12.1 Å². The number of halogens is 1. The van der Waals surface area contributed by atoms with Gasteiger partial charge in [0.2, 0.25) is 11.7 Å². The number of ether oxygens (including phenoxy) is 2. The summed E-state index contributed by atoms with van der Waals surface area (Å²) in [5.74, 6) is 0.879. The third-order valence-corrected chi connectivity index (χ3v) is 4.79. The van der Waals surface area contributed by atoms with Crippen LogP contribution in [0.1, 0.15) is 49.1 Å². The van der Waals surface area contributed by atoms with E-state index in [-0.39, 0.29) is 11.9 Å². The zero-order valence-corrected chi connectivity index (χ0v) is 12.8. The molecular weight excluding hydrogens is 299 g/mol. The Morgan fingerprint density at radius 2 is 2.04 bits per heavy atom. The molecule has 5 nitrogen and oxygen atoms in total. The van der Waals surface area contributed by atoms with Gasteiger partial charge < -0.3 is 14.0 Å². The summed E-state index contributed by atoms with van der Waals surface area (Å²) in [4.78, 5) is 4.61. The Morgan fingerprint density at radius 3 is 2.78 bits per heavy atom. The maximum atomic E-state index is 13.7. The van der Waals surface area contributed by atoms with E-state index in [4.69, 9.17) is 14.0 Å². The van der Waals surface area contributed by atoms with Crippen LogP contribution in [0.3, 0.4) is 0 Å². The molecule has 2 saturated heterocycles. The van der Waals surface area contributed by atoms with Crippen LogP contribution in [0.15, 0.2) is 28.8 Å². The molecule has 2 aliphatic heterocycles. The Bertz CT molecular complexity index is 676. The molecule has 0 bridgehead atoms. The highest BCUT2D eigenvalue weighted by atomic mass is 19.1. The first kappa shape index (κ1) is 14.8. The zero-order chi connectivity index (χ0) is 15.7. The monoisotopic (exact) mass is 318 g/mol. The van der Waals surface area contributed by atoms with E-state index in [9.17, 15) is 4.39 Å². The normalized spacial score (nSPS) is 24.0. The molecule has 2 aliphatic rings. The first-order valence-corrected chi connectivity index (χ1v) is 8.07. The summed E-state index contributed by atoms with van der Waals surface area (Å²) in [5, 5.41) is 4.12. The molecule has 2 fully saturated rings.